The highest BCUT2D eigenvalue weighted by Crippen LogP contribution is 2.30. The van der Waals surface area contributed by atoms with Crippen LogP contribution in [0.4, 0.5) is 5.69 Å². The molecule has 8 nitrogen and oxygen atoms in total. The van der Waals surface area contributed by atoms with Crippen molar-refractivity contribution in [1.82, 2.24) is 4.98 Å². The number of hydrogen-bond acceptors (Lipinski definition) is 7. The summed E-state index contributed by atoms with van der Waals surface area (Å²) in [7, 11) is 3.23. The number of ether oxygens (including phenoxy) is 2. The fraction of sp³-hybridized carbons (Fsp3) is 0.333. The van der Waals surface area contributed by atoms with E-state index in [0.717, 1.165) is 44.3 Å². The van der Waals surface area contributed by atoms with Gasteiger partial charge in [-0.15, -0.1) is 11.3 Å². The van der Waals surface area contributed by atoms with E-state index < -0.39 is 0 Å². The first-order valence-corrected chi connectivity index (χ1v) is 17.0. The fourth-order valence-corrected chi connectivity index (χ4v) is 4.58. The van der Waals surface area contributed by atoms with Gasteiger partial charge in [0.15, 0.2) is 11.6 Å². The largest absolute Gasteiger partial charge is 0.496 e. The quantitative estimate of drug-likeness (QED) is 0.0750. The number of nitrogens with two attached hydrogens (primary N) is 1. The van der Waals surface area contributed by atoms with Gasteiger partial charge < -0.3 is 20.5 Å². The molecule has 3 N–H and O–H groups in total. The number of unbranched alkanes of at least 4 members (excludes halogenated alkanes) is 2. The zero-order valence-electron chi connectivity index (χ0n) is 30.0. The predicted molar refractivity (Wildman–Crippen MR) is 204 cm³/mol. The van der Waals surface area contributed by atoms with Crippen molar-refractivity contribution in [2.75, 3.05) is 19.5 Å². The van der Waals surface area contributed by atoms with Crippen molar-refractivity contribution in [2.45, 2.75) is 74.1 Å². The second-order valence-electron chi connectivity index (χ2n) is 10.7. The van der Waals surface area contributed by atoms with Crippen LogP contribution in [0.1, 0.15) is 92.4 Å². The highest BCUT2D eigenvalue weighted by Gasteiger charge is 2.14. The van der Waals surface area contributed by atoms with Gasteiger partial charge in [0.25, 0.3) is 0 Å². The Hall–Kier alpha value is -4.76. The average molecular weight is 673 g/mol. The number of aromatic nitrogens is 1. The Kier molecular flexibility index (Phi) is 19.5. The first-order chi connectivity index (χ1) is 23.0. The molecule has 0 saturated carbocycles. The van der Waals surface area contributed by atoms with E-state index in [1.807, 2.05) is 74.0 Å². The number of nitrogens with one attached hydrogen (secondary N) is 1. The lowest BCUT2D eigenvalue weighted by molar-refractivity contribution is -0.106. The van der Waals surface area contributed by atoms with Crippen molar-refractivity contribution in [3.8, 4) is 22.6 Å². The molecule has 3 aromatic carbocycles. The fourth-order valence-electron chi connectivity index (χ4n) is 4.01. The number of amidine groups is 1. The average Bonchev–Trinajstić information content (AvgIpc) is 3.53. The van der Waals surface area contributed by atoms with Crippen LogP contribution in [-0.2, 0) is 4.79 Å². The van der Waals surface area contributed by atoms with E-state index in [1.165, 1.54) is 32.6 Å². The van der Waals surface area contributed by atoms with Crippen molar-refractivity contribution in [3.05, 3.63) is 100 Å². The summed E-state index contributed by atoms with van der Waals surface area (Å²) < 4.78 is 10.8. The lowest BCUT2D eigenvalue weighted by atomic mass is 9.99. The molecule has 4 rings (SSSR count). The molecule has 0 aliphatic rings. The minimum Gasteiger partial charge on any atom is -0.496 e. The van der Waals surface area contributed by atoms with E-state index in [1.54, 1.807) is 31.6 Å². The number of Topliss-reactive ketones (excluding diaryl/α,β-unsaturated/α-hetero) is 1. The summed E-state index contributed by atoms with van der Waals surface area (Å²) >= 11 is 1.56. The smallest absolute Gasteiger partial charge is 0.204 e. The summed E-state index contributed by atoms with van der Waals surface area (Å²) in [6.45, 7) is 18.5. The van der Waals surface area contributed by atoms with Gasteiger partial charge in [-0.2, -0.15) is 0 Å². The summed E-state index contributed by atoms with van der Waals surface area (Å²) in [5.74, 6) is 1.95. The van der Waals surface area contributed by atoms with Crippen LogP contribution in [0.5, 0.6) is 11.5 Å². The zero-order valence-corrected chi connectivity index (χ0v) is 30.8. The first-order valence-electron chi connectivity index (χ1n) is 16.1. The summed E-state index contributed by atoms with van der Waals surface area (Å²) in [4.78, 5) is 31.0. The molecule has 4 aromatic rings. The number of thiazole rings is 1. The number of anilines is 1. The Balaban J connectivity index is 0.000000916. The number of amides is 1. The maximum atomic E-state index is 11.9. The molecule has 48 heavy (non-hydrogen) atoms. The number of benzene rings is 3. The van der Waals surface area contributed by atoms with Crippen LogP contribution < -0.4 is 20.5 Å². The highest BCUT2D eigenvalue weighted by molar-refractivity contribution is 7.09. The van der Waals surface area contributed by atoms with Crippen molar-refractivity contribution >= 4 is 40.8 Å². The molecular formula is C39H52N4O4S. The Labute approximate surface area is 291 Å². The number of hydrogen-bond donors (Lipinski definition) is 2. The van der Waals surface area contributed by atoms with E-state index in [9.17, 15) is 4.79 Å². The summed E-state index contributed by atoms with van der Waals surface area (Å²) in [6, 6.07) is 19.4. The molecule has 0 atom stereocenters. The predicted octanol–water partition coefficient (Wildman–Crippen LogP) is 9.89. The van der Waals surface area contributed by atoms with Crippen LogP contribution in [0.15, 0.2) is 77.7 Å². The lowest BCUT2D eigenvalue weighted by Gasteiger charge is -2.13. The van der Waals surface area contributed by atoms with Crippen LogP contribution in [0, 0.1) is 13.8 Å². The highest BCUT2D eigenvalue weighted by atomic mass is 32.1. The monoisotopic (exact) mass is 672 g/mol. The number of methoxy groups -OCH3 is 2. The van der Waals surface area contributed by atoms with E-state index in [-0.39, 0.29) is 12.2 Å². The van der Waals surface area contributed by atoms with Crippen molar-refractivity contribution in [2.24, 2.45) is 10.7 Å². The second-order valence-corrected chi connectivity index (χ2v) is 11.7. The number of primary amides is 1. The number of carbonyl (C=O) groups excluding carboxylic acids is 2. The molecule has 0 radical (unpaired) electrons. The maximum Gasteiger partial charge on any atom is 0.204 e. The summed E-state index contributed by atoms with van der Waals surface area (Å²) in [6.07, 6.45) is 5.53. The molecule has 0 unspecified atom stereocenters. The molecule has 0 saturated heterocycles. The molecule has 1 aromatic heterocycles. The topological polar surface area (TPSA) is 116 Å². The Morgan fingerprint density at radius 3 is 2.02 bits per heavy atom. The van der Waals surface area contributed by atoms with E-state index in [2.05, 4.69) is 50.3 Å². The molecule has 0 aliphatic heterocycles. The number of aliphatic imine (C=N–C) groups is 1. The van der Waals surface area contributed by atoms with Crippen LogP contribution in [0.25, 0.3) is 16.8 Å². The number of aryl methyl sites for hydroxylation is 2. The molecule has 1 heterocycles. The SMILES string of the molecule is C=C(N=C(Nc1ccc(OC)c(C)c1)c1ncsc1C)c1cccc(-c2ccc(C(C)=O)c(OC)c2)c1.CCCC.CCCC.NC=O. The molecule has 258 valence electrons. The number of ketones is 1. The van der Waals surface area contributed by atoms with E-state index >= 15 is 0 Å². The second kappa shape index (κ2) is 22.7. The van der Waals surface area contributed by atoms with Gasteiger partial charge in [-0.25, -0.2) is 9.98 Å². The van der Waals surface area contributed by atoms with Gasteiger partial charge in [0.1, 0.15) is 17.2 Å². The molecule has 1 amide bonds. The normalized spacial score (nSPS) is 10.1. The maximum absolute atomic E-state index is 11.9. The van der Waals surface area contributed by atoms with Gasteiger partial charge in [-0.05, 0) is 73.9 Å². The van der Waals surface area contributed by atoms with E-state index in [4.69, 9.17) is 19.3 Å². The summed E-state index contributed by atoms with van der Waals surface area (Å²) in [5.41, 5.74) is 12.6. The molecule has 0 fully saturated rings. The number of carbonyl (C=O) groups is 2. The lowest BCUT2D eigenvalue weighted by Crippen LogP contribution is -2.15. The Morgan fingerprint density at radius 1 is 0.917 bits per heavy atom. The van der Waals surface area contributed by atoms with E-state index in [0.29, 0.717) is 22.8 Å². The van der Waals surface area contributed by atoms with Gasteiger partial charge >= 0.3 is 0 Å². The van der Waals surface area contributed by atoms with Crippen LogP contribution in [0.3, 0.4) is 0 Å². The van der Waals surface area contributed by atoms with Crippen LogP contribution in [0.2, 0.25) is 0 Å². The number of nitrogens with zero attached hydrogens (tertiary/aromatic N) is 2. The van der Waals surface area contributed by atoms with Gasteiger partial charge in [0.2, 0.25) is 6.41 Å². The van der Waals surface area contributed by atoms with Gasteiger partial charge in [-0.3, -0.25) is 9.59 Å². The van der Waals surface area contributed by atoms with Crippen molar-refractivity contribution in [1.29, 1.82) is 0 Å². The van der Waals surface area contributed by atoms with Crippen molar-refractivity contribution in [3.63, 3.8) is 0 Å². The molecule has 0 bridgehead atoms. The first kappa shape index (κ1) is 41.3. The third-order valence-electron chi connectivity index (χ3n) is 6.98. The van der Waals surface area contributed by atoms with Gasteiger partial charge in [0, 0.05) is 16.1 Å². The molecule has 9 heteroatoms. The number of rotatable bonds is 10. The third kappa shape index (κ3) is 13.2. The standard InChI is InChI=1S/C30H29N3O3S.2C4H10.CH3NO/c1-18-14-25(11-13-27(18)35-5)33-30(29-21(4)37-17-31-29)32-19(2)22-8-7-9-23(15-22)24-10-12-26(20(3)34)28(16-24)36-6;2*1-3-4-2;2-1-3/h7-17H,2H2,1,3-6H3,(H,32,33);2*3-4H2,1-2H3;1H,(H2,2,3). The zero-order chi connectivity index (χ0) is 36.1. The van der Waals surface area contributed by atoms with Crippen LogP contribution >= 0.6 is 11.3 Å². The molecular weight excluding hydrogens is 621 g/mol. The minimum atomic E-state index is -0.0377. The summed E-state index contributed by atoms with van der Waals surface area (Å²) in [5, 5.41) is 3.42. The molecule has 0 aliphatic carbocycles. The Bertz CT molecular complexity index is 1620. The third-order valence-corrected chi connectivity index (χ3v) is 7.74. The molecule has 0 spiro atoms. The van der Waals surface area contributed by atoms with Gasteiger partial charge in [-0.1, -0.05) is 84.2 Å². The van der Waals surface area contributed by atoms with Crippen molar-refractivity contribution < 1.29 is 19.1 Å². The van der Waals surface area contributed by atoms with Gasteiger partial charge in [0.05, 0.1) is 31.0 Å². The Morgan fingerprint density at radius 2 is 1.52 bits per heavy atom. The van der Waals surface area contributed by atoms with Crippen LogP contribution in [-0.4, -0.2) is 37.2 Å². The minimum absolute atomic E-state index is 0.0377.